The van der Waals surface area contributed by atoms with E-state index in [0.29, 0.717) is 32.5 Å². The number of benzene rings is 1. The van der Waals surface area contributed by atoms with Crippen LogP contribution in [0.3, 0.4) is 0 Å². The van der Waals surface area contributed by atoms with Crippen molar-refractivity contribution in [2.24, 2.45) is 5.92 Å². The number of nitrogens with zero attached hydrogens (tertiary/aromatic N) is 2. The molecule has 1 N–H and O–H groups in total. The molecule has 1 aliphatic heterocycles. The fraction of sp³-hybridized carbons (Fsp3) is 0.529. The number of aliphatic carboxylic acids is 1. The molecule has 0 radical (unpaired) electrons. The van der Waals surface area contributed by atoms with Gasteiger partial charge < -0.3 is 10.0 Å². The first-order chi connectivity index (χ1) is 10.9. The summed E-state index contributed by atoms with van der Waals surface area (Å²) in [4.78, 5) is 27.4. The van der Waals surface area contributed by atoms with Crippen LogP contribution in [0.4, 0.5) is 0 Å². The van der Waals surface area contributed by atoms with Gasteiger partial charge in [0.2, 0.25) is 5.91 Å². The van der Waals surface area contributed by atoms with E-state index in [1.165, 1.54) is 0 Å². The maximum atomic E-state index is 12.6. The zero-order valence-electron chi connectivity index (χ0n) is 13.9. The van der Waals surface area contributed by atoms with Crippen molar-refractivity contribution in [2.45, 2.75) is 32.4 Å². The van der Waals surface area contributed by atoms with Gasteiger partial charge in [-0.3, -0.25) is 14.5 Å². The SMILES string of the molecule is CC(C(=O)N(C)Cc1ccc(Br)cc1)N1CCC(C(=O)O)CC1.Cl. The second-order valence-electron chi connectivity index (χ2n) is 6.15. The van der Waals surface area contributed by atoms with Crippen molar-refractivity contribution < 1.29 is 14.7 Å². The minimum atomic E-state index is -0.726. The maximum Gasteiger partial charge on any atom is 0.306 e. The lowest BCUT2D eigenvalue weighted by molar-refractivity contribution is -0.144. The number of hydrogen-bond donors (Lipinski definition) is 1. The van der Waals surface area contributed by atoms with Gasteiger partial charge in [-0.15, -0.1) is 12.4 Å². The quantitative estimate of drug-likeness (QED) is 0.797. The number of carboxylic acid groups (broad SMARTS) is 1. The van der Waals surface area contributed by atoms with E-state index in [4.69, 9.17) is 5.11 Å². The topological polar surface area (TPSA) is 60.9 Å². The lowest BCUT2D eigenvalue weighted by Crippen LogP contribution is -2.49. The molecular formula is C17H24BrClN2O3. The Kier molecular flexibility index (Phi) is 8.19. The predicted molar refractivity (Wildman–Crippen MR) is 99.3 cm³/mol. The number of likely N-dealkylation sites (tertiary alicyclic amines) is 1. The number of carboxylic acids is 1. The fourth-order valence-electron chi connectivity index (χ4n) is 2.95. The van der Waals surface area contributed by atoms with Gasteiger partial charge in [-0.05, 0) is 50.6 Å². The number of carbonyl (C=O) groups excluding carboxylic acids is 1. The average Bonchev–Trinajstić information content (AvgIpc) is 2.55. The van der Waals surface area contributed by atoms with Crippen LogP contribution in [0.15, 0.2) is 28.7 Å². The molecule has 1 fully saturated rings. The Bertz CT molecular complexity index is 559. The van der Waals surface area contributed by atoms with Crippen LogP contribution in [-0.2, 0) is 16.1 Å². The van der Waals surface area contributed by atoms with E-state index >= 15 is 0 Å². The van der Waals surface area contributed by atoms with Crippen LogP contribution in [-0.4, -0.2) is 53.0 Å². The first-order valence-electron chi connectivity index (χ1n) is 7.84. The molecule has 0 aliphatic carbocycles. The zero-order valence-corrected chi connectivity index (χ0v) is 16.3. The standard InChI is InChI=1S/C17H23BrN2O3.ClH/c1-12(20-9-7-14(8-10-20)17(22)23)16(21)19(2)11-13-3-5-15(18)6-4-13;/h3-6,12,14H,7-11H2,1-2H3,(H,22,23);1H. The Balaban J connectivity index is 0.00000288. The summed E-state index contributed by atoms with van der Waals surface area (Å²) in [6, 6.07) is 7.71. The Morgan fingerprint density at radius 3 is 2.33 bits per heavy atom. The molecule has 2 rings (SSSR count). The molecule has 1 amide bonds. The van der Waals surface area contributed by atoms with Crippen molar-refractivity contribution >= 4 is 40.2 Å². The highest BCUT2D eigenvalue weighted by molar-refractivity contribution is 9.10. The van der Waals surface area contributed by atoms with E-state index < -0.39 is 5.97 Å². The molecule has 5 nitrogen and oxygen atoms in total. The van der Waals surface area contributed by atoms with E-state index in [1.54, 1.807) is 4.90 Å². The fourth-order valence-corrected chi connectivity index (χ4v) is 3.21. The number of carbonyl (C=O) groups is 2. The van der Waals surface area contributed by atoms with Gasteiger partial charge in [0.05, 0.1) is 12.0 Å². The van der Waals surface area contributed by atoms with Gasteiger partial charge in [0.1, 0.15) is 0 Å². The molecule has 1 aromatic carbocycles. The zero-order chi connectivity index (χ0) is 17.0. The van der Waals surface area contributed by atoms with Crippen LogP contribution in [0.5, 0.6) is 0 Å². The van der Waals surface area contributed by atoms with Crippen LogP contribution in [0.1, 0.15) is 25.3 Å². The van der Waals surface area contributed by atoms with E-state index in [-0.39, 0.29) is 30.3 Å². The predicted octanol–water partition coefficient (Wildman–Crippen LogP) is 3.01. The third kappa shape index (κ3) is 5.46. The molecule has 1 heterocycles. The molecule has 0 saturated carbocycles. The van der Waals surface area contributed by atoms with Crippen molar-refractivity contribution in [3.8, 4) is 0 Å². The summed E-state index contributed by atoms with van der Waals surface area (Å²) in [6.45, 7) is 3.80. The van der Waals surface area contributed by atoms with Crippen molar-refractivity contribution in [3.05, 3.63) is 34.3 Å². The van der Waals surface area contributed by atoms with Crippen LogP contribution in [0, 0.1) is 5.92 Å². The molecule has 1 atom stereocenters. The Hall–Kier alpha value is -1.11. The third-order valence-electron chi connectivity index (χ3n) is 4.49. The highest BCUT2D eigenvalue weighted by Gasteiger charge is 2.30. The molecule has 1 saturated heterocycles. The maximum absolute atomic E-state index is 12.6. The van der Waals surface area contributed by atoms with Crippen molar-refractivity contribution in [2.75, 3.05) is 20.1 Å². The summed E-state index contributed by atoms with van der Waals surface area (Å²) in [7, 11) is 1.81. The number of halogens is 2. The van der Waals surface area contributed by atoms with Gasteiger partial charge in [0.15, 0.2) is 0 Å². The summed E-state index contributed by atoms with van der Waals surface area (Å²) in [5, 5.41) is 9.05. The Morgan fingerprint density at radius 1 is 1.29 bits per heavy atom. The van der Waals surface area contributed by atoms with Gasteiger partial charge in [0.25, 0.3) is 0 Å². The summed E-state index contributed by atoms with van der Waals surface area (Å²) in [6.07, 6.45) is 1.23. The van der Waals surface area contributed by atoms with Crippen LogP contribution in [0.2, 0.25) is 0 Å². The Morgan fingerprint density at radius 2 is 1.83 bits per heavy atom. The van der Waals surface area contributed by atoms with E-state index in [2.05, 4.69) is 20.8 Å². The van der Waals surface area contributed by atoms with Crippen LogP contribution >= 0.6 is 28.3 Å². The largest absolute Gasteiger partial charge is 0.481 e. The normalized spacial score (nSPS) is 17.0. The lowest BCUT2D eigenvalue weighted by atomic mass is 9.96. The van der Waals surface area contributed by atoms with Crippen molar-refractivity contribution in [1.82, 2.24) is 9.80 Å². The first-order valence-corrected chi connectivity index (χ1v) is 8.64. The molecule has 0 bridgehead atoms. The lowest BCUT2D eigenvalue weighted by Gasteiger charge is -2.35. The minimum Gasteiger partial charge on any atom is -0.481 e. The van der Waals surface area contributed by atoms with E-state index in [9.17, 15) is 9.59 Å². The van der Waals surface area contributed by atoms with Gasteiger partial charge in [-0.1, -0.05) is 28.1 Å². The Labute approximate surface area is 157 Å². The molecular weight excluding hydrogens is 396 g/mol. The summed E-state index contributed by atoms with van der Waals surface area (Å²) in [5.74, 6) is -0.924. The molecule has 1 aromatic rings. The monoisotopic (exact) mass is 418 g/mol. The molecule has 0 spiro atoms. The van der Waals surface area contributed by atoms with Gasteiger partial charge in [-0.2, -0.15) is 0 Å². The molecule has 24 heavy (non-hydrogen) atoms. The van der Waals surface area contributed by atoms with E-state index in [0.717, 1.165) is 10.0 Å². The molecule has 1 aliphatic rings. The molecule has 1 unspecified atom stereocenters. The molecule has 7 heteroatoms. The highest BCUT2D eigenvalue weighted by Crippen LogP contribution is 2.20. The molecule has 134 valence electrons. The number of hydrogen-bond acceptors (Lipinski definition) is 3. The van der Waals surface area contributed by atoms with Gasteiger partial charge in [-0.25, -0.2) is 0 Å². The third-order valence-corrected chi connectivity index (χ3v) is 5.02. The van der Waals surface area contributed by atoms with Crippen LogP contribution < -0.4 is 0 Å². The second-order valence-corrected chi connectivity index (χ2v) is 7.06. The van der Waals surface area contributed by atoms with Crippen molar-refractivity contribution in [3.63, 3.8) is 0 Å². The van der Waals surface area contributed by atoms with Gasteiger partial charge >= 0.3 is 5.97 Å². The number of rotatable bonds is 5. The van der Waals surface area contributed by atoms with E-state index in [1.807, 2.05) is 38.2 Å². The second kappa shape index (κ2) is 9.39. The number of likely N-dealkylation sites (N-methyl/N-ethyl adjacent to an activating group) is 1. The summed E-state index contributed by atoms with van der Waals surface area (Å²) in [5.41, 5.74) is 1.08. The summed E-state index contributed by atoms with van der Waals surface area (Å²) < 4.78 is 1.02. The average molecular weight is 420 g/mol. The highest BCUT2D eigenvalue weighted by atomic mass is 79.9. The number of piperidine rings is 1. The van der Waals surface area contributed by atoms with Crippen molar-refractivity contribution in [1.29, 1.82) is 0 Å². The minimum absolute atomic E-state index is 0. The van der Waals surface area contributed by atoms with Gasteiger partial charge in [0, 0.05) is 18.1 Å². The first kappa shape index (κ1) is 20.9. The smallest absolute Gasteiger partial charge is 0.306 e. The molecule has 0 aromatic heterocycles. The number of amides is 1. The van der Waals surface area contributed by atoms with Crippen LogP contribution in [0.25, 0.3) is 0 Å². The summed E-state index contributed by atoms with van der Waals surface area (Å²) >= 11 is 3.40.